The van der Waals surface area contributed by atoms with E-state index in [4.69, 9.17) is 0 Å². The van der Waals surface area contributed by atoms with Crippen LogP contribution < -0.4 is 10.0 Å². The van der Waals surface area contributed by atoms with Gasteiger partial charge in [0.25, 0.3) is 0 Å². The molecule has 0 bridgehead atoms. The predicted molar refractivity (Wildman–Crippen MR) is 82.3 cm³/mol. The zero-order valence-electron chi connectivity index (χ0n) is 12.7. The number of nitrogens with zero attached hydrogens (tertiary/aromatic N) is 1. The summed E-state index contributed by atoms with van der Waals surface area (Å²) in [5, 5.41) is 3.10. The molecule has 0 radical (unpaired) electrons. The lowest BCUT2D eigenvalue weighted by Gasteiger charge is -2.13. The normalized spacial score (nSPS) is 13.7. The minimum absolute atomic E-state index is 0.124. The maximum Gasteiger partial charge on any atom is 0.240 e. The molecule has 5 nitrogen and oxygen atoms in total. The van der Waals surface area contributed by atoms with Crippen LogP contribution in [0, 0.1) is 0 Å². The third kappa shape index (κ3) is 5.20. The quantitative estimate of drug-likeness (QED) is 0.708. The lowest BCUT2D eigenvalue weighted by molar-refractivity contribution is 0.400. The van der Waals surface area contributed by atoms with Crippen molar-refractivity contribution in [3.8, 4) is 0 Å². The van der Waals surface area contributed by atoms with E-state index in [2.05, 4.69) is 10.0 Å². The van der Waals surface area contributed by atoms with Gasteiger partial charge in [-0.15, -0.1) is 0 Å². The first-order chi connectivity index (χ1) is 9.36. The number of rotatable bonds is 8. The highest BCUT2D eigenvalue weighted by Gasteiger charge is 2.14. The van der Waals surface area contributed by atoms with Crippen molar-refractivity contribution >= 4 is 10.0 Å². The molecule has 0 aliphatic rings. The Balaban J connectivity index is 2.72. The molecule has 20 heavy (non-hydrogen) atoms. The second-order valence-corrected chi connectivity index (χ2v) is 6.90. The van der Waals surface area contributed by atoms with Gasteiger partial charge < -0.3 is 10.2 Å². The molecule has 0 heterocycles. The summed E-state index contributed by atoms with van der Waals surface area (Å²) in [6.07, 6.45) is 0.791. The number of sulfonamides is 1. The van der Waals surface area contributed by atoms with E-state index in [0.717, 1.165) is 18.5 Å². The smallest absolute Gasteiger partial charge is 0.240 e. The van der Waals surface area contributed by atoms with Crippen molar-refractivity contribution in [1.29, 1.82) is 0 Å². The van der Waals surface area contributed by atoms with E-state index in [1.807, 2.05) is 39.0 Å². The molecule has 0 amide bonds. The Kier molecular flexibility index (Phi) is 6.61. The molecule has 0 fully saturated rings. The maximum absolute atomic E-state index is 12.2. The Labute approximate surface area is 122 Å². The molecule has 0 saturated carbocycles. The molecule has 1 aromatic rings. The molecule has 6 heteroatoms. The monoisotopic (exact) mass is 299 g/mol. The topological polar surface area (TPSA) is 61.4 Å². The summed E-state index contributed by atoms with van der Waals surface area (Å²) in [6, 6.07) is 7.17. The molecule has 2 N–H and O–H groups in total. The summed E-state index contributed by atoms with van der Waals surface area (Å²) in [5.74, 6) is 0. The van der Waals surface area contributed by atoms with Gasteiger partial charge in [0.1, 0.15) is 0 Å². The Morgan fingerprint density at radius 2 is 2.00 bits per heavy atom. The second kappa shape index (κ2) is 7.73. The van der Waals surface area contributed by atoms with E-state index in [1.54, 1.807) is 18.2 Å². The van der Waals surface area contributed by atoms with Gasteiger partial charge in [-0.3, -0.25) is 0 Å². The van der Waals surface area contributed by atoms with Crippen molar-refractivity contribution in [3.63, 3.8) is 0 Å². The van der Waals surface area contributed by atoms with Gasteiger partial charge in [-0.1, -0.05) is 12.1 Å². The number of benzene rings is 1. The van der Waals surface area contributed by atoms with Crippen LogP contribution in [0.3, 0.4) is 0 Å². The van der Waals surface area contributed by atoms with E-state index in [1.165, 1.54) is 0 Å². The fourth-order valence-corrected chi connectivity index (χ4v) is 2.93. The summed E-state index contributed by atoms with van der Waals surface area (Å²) < 4.78 is 27.0. The van der Waals surface area contributed by atoms with Gasteiger partial charge in [0.05, 0.1) is 4.90 Å². The molecular formula is C14H25N3O2S. The lowest BCUT2D eigenvalue weighted by atomic mass is 10.1. The molecule has 1 atom stereocenters. The van der Waals surface area contributed by atoms with Crippen LogP contribution in [-0.4, -0.2) is 47.6 Å². The lowest BCUT2D eigenvalue weighted by Crippen LogP contribution is -2.27. The first kappa shape index (κ1) is 17.1. The molecular weight excluding hydrogens is 274 g/mol. The van der Waals surface area contributed by atoms with Crippen molar-refractivity contribution in [2.24, 2.45) is 0 Å². The zero-order valence-corrected chi connectivity index (χ0v) is 13.5. The van der Waals surface area contributed by atoms with Crippen LogP contribution in [0.4, 0.5) is 0 Å². The molecule has 1 rings (SSSR count). The molecule has 114 valence electrons. The average Bonchev–Trinajstić information content (AvgIpc) is 2.42. The van der Waals surface area contributed by atoms with Gasteiger partial charge in [0.2, 0.25) is 10.0 Å². The second-order valence-electron chi connectivity index (χ2n) is 5.14. The van der Waals surface area contributed by atoms with E-state index >= 15 is 0 Å². The van der Waals surface area contributed by atoms with Gasteiger partial charge in [0, 0.05) is 12.6 Å². The van der Waals surface area contributed by atoms with Gasteiger partial charge >= 0.3 is 0 Å². The fraction of sp³-hybridized carbons (Fsp3) is 0.571. The Bertz CT molecular complexity index is 515. The zero-order chi connectivity index (χ0) is 15.2. The highest BCUT2D eigenvalue weighted by Crippen LogP contribution is 2.17. The van der Waals surface area contributed by atoms with Gasteiger partial charge in [-0.25, -0.2) is 13.1 Å². The molecule has 0 aliphatic carbocycles. The highest BCUT2D eigenvalue weighted by molar-refractivity contribution is 7.89. The Morgan fingerprint density at radius 1 is 1.30 bits per heavy atom. The van der Waals surface area contributed by atoms with Crippen LogP contribution in [0.5, 0.6) is 0 Å². The van der Waals surface area contributed by atoms with Crippen LogP contribution in [0.15, 0.2) is 29.2 Å². The van der Waals surface area contributed by atoms with E-state index in [0.29, 0.717) is 11.4 Å². The van der Waals surface area contributed by atoms with Crippen LogP contribution >= 0.6 is 0 Å². The van der Waals surface area contributed by atoms with E-state index in [9.17, 15) is 8.42 Å². The average molecular weight is 299 g/mol. The van der Waals surface area contributed by atoms with Crippen molar-refractivity contribution in [2.75, 3.05) is 34.2 Å². The summed E-state index contributed by atoms with van der Waals surface area (Å²) in [6.45, 7) is 3.31. The third-order valence-electron chi connectivity index (χ3n) is 3.18. The number of hydrogen-bond donors (Lipinski definition) is 2. The Morgan fingerprint density at radius 3 is 2.60 bits per heavy atom. The minimum Gasteiger partial charge on any atom is -0.313 e. The molecule has 0 aliphatic heterocycles. The van der Waals surface area contributed by atoms with E-state index < -0.39 is 10.0 Å². The van der Waals surface area contributed by atoms with Gasteiger partial charge in [-0.2, -0.15) is 0 Å². The third-order valence-corrected chi connectivity index (χ3v) is 4.63. The van der Waals surface area contributed by atoms with Crippen molar-refractivity contribution in [2.45, 2.75) is 24.3 Å². The summed E-state index contributed by atoms with van der Waals surface area (Å²) in [5.41, 5.74) is 0.962. The number of hydrogen-bond acceptors (Lipinski definition) is 4. The molecule has 1 aromatic carbocycles. The highest BCUT2D eigenvalue weighted by atomic mass is 32.2. The first-order valence-corrected chi connectivity index (χ1v) is 8.27. The number of nitrogens with one attached hydrogen (secondary N) is 2. The molecule has 0 spiro atoms. The fourth-order valence-electron chi connectivity index (χ4n) is 1.80. The van der Waals surface area contributed by atoms with Gasteiger partial charge in [0.15, 0.2) is 0 Å². The van der Waals surface area contributed by atoms with Crippen molar-refractivity contribution in [1.82, 2.24) is 14.9 Å². The molecule has 0 saturated heterocycles. The predicted octanol–water partition coefficient (Wildman–Crippen LogP) is 1.20. The summed E-state index contributed by atoms with van der Waals surface area (Å²) >= 11 is 0. The van der Waals surface area contributed by atoms with E-state index in [-0.39, 0.29) is 6.04 Å². The minimum atomic E-state index is -3.42. The first-order valence-electron chi connectivity index (χ1n) is 6.78. The van der Waals surface area contributed by atoms with Crippen LogP contribution in [0.2, 0.25) is 0 Å². The maximum atomic E-state index is 12.2. The SMILES string of the molecule is CNC(C)c1cccc(S(=O)(=O)NCCCN(C)C)c1. The Hall–Kier alpha value is -0.950. The summed E-state index contributed by atoms with van der Waals surface area (Å²) in [7, 11) is 2.37. The van der Waals surface area contributed by atoms with Crippen LogP contribution in [0.25, 0.3) is 0 Å². The molecule has 0 aromatic heterocycles. The summed E-state index contributed by atoms with van der Waals surface area (Å²) in [4.78, 5) is 2.35. The van der Waals surface area contributed by atoms with Crippen molar-refractivity contribution < 1.29 is 8.42 Å². The van der Waals surface area contributed by atoms with Crippen molar-refractivity contribution in [3.05, 3.63) is 29.8 Å². The van der Waals surface area contributed by atoms with Crippen LogP contribution in [-0.2, 0) is 10.0 Å². The molecule has 1 unspecified atom stereocenters. The standard InChI is InChI=1S/C14H25N3O2S/c1-12(15-2)13-7-5-8-14(11-13)20(18,19)16-9-6-10-17(3)4/h5,7-8,11-12,15-16H,6,9-10H2,1-4H3. The van der Waals surface area contributed by atoms with Gasteiger partial charge in [-0.05, 0) is 58.7 Å². The largest absolute Gasteiger partial charge is 0.313 e. The van der Waals surface area contributed by atoms with Crippen LogP contribution in [0.1, 0.15) is 24.9 Å².